The van der Waals surface area contributed by atoms with E-state index in [4.69, 9.17) is 18.9 Å². The van der Waals surface area contributed by atoms with Crippen molar-refractivity contribution in [3.05, 3.63) is 53.9 Å². The van der Waals surface area contributed by atoms with Crippen LogP contribution in [-0.2, 0) is 35.0 Å². The van der Waals surface area contributed by atoms with Gasteiger partial charge in [0.05, 0.1) is 13.0 Å². The summed E-state index contributed by atoms with van der Waals surface area (Å²) in [4.78, 5) is 55.3. The van der Waals surface area contributed by atoms with Gasteiger partial charge in [-0.25, -0.2) is 9.78 Å². The summed E-state index contributed by atoms with van der Waals surface area (Å²) in [5, 5.41) is 12.6. The molecule has 1 aliphatic rings. The maximum absolute atomic E-state index is 13.2. The zero-order chi connectivity index (χ0) is 27.1. The van der Waals surface area contributed by atoms with Gasteiger partial charge in [-0.05, 0) is 18.9 Å². The van der Waals surface area contributed by atoms with E-state index >= 15 is 0 Å². The second-order valence-electron chi connectivity index (χ2n) is 8.86. The highest BCUT2D eigenvalue weighted by molar-refractivity contribution is 5.98. The zero-order valence-electron chi connectivity index (χ0n) is 21.0. The van der Waals surface area contributed by atoms with Crippen LogP contribution in [0.25, 0.3) is 0 Å². The van der Waals surface area contributed by atoms with Gasteiger partial charge in [-0.2, -0.15) is 0 Å². The number of hydrogen-bond acceptors (Lipinski definition) is 10. The van der Waals surface area contributed by atoms with Crippen molar-refractivity contribution >= 4 is 23.8 Å². The van der Waals surface area contributed by atoms with E-state index < -0.39 is 72.0 Å². The number of amides is 1. The van der Waals surface area contributed by atoms with Gasteiger partial charge >= 0.3 is 17.9 Å². The smallest absolute Gasteiger partial charge is 0.332 e. The van der Waals surface area contributed by atoms with E-state index in [0.717, 1.165) is 5.56 Å². The molecule has 1 fully saturated rings. The highest BCUT2D eigenvalue weighted by atomic mass is 16.6. The fourth-order valence-electron chi connectivity index (χ4n) is 3.74. The van der Waals surface area contributed by atoms with E-state index in [9.17, 15) is 24.3 Å². The van der Waals surface area contributed by atoms with Gasteiger partial charge in [-0.3, -0.25) is 14.4 Å². The Balaban J connectivity index is 1.87. The average molecular weight is 517 g/mol. The minimum atomic E-state index is -1.41. The molecule has 1 aromatic heterocycles. The number of ether oxygens (including phenoxy) is 4. The van der Waals surface area contributed by atoms with Gasteiger partial charge in [0.2, 0.25) is 0 Å². The molecule has 0 aliphatic carbocycles. The fraction of sp³-hybridized carbons (Fsp3) is 0.423. The number of hydrogen-bond donors (Lipinski definition) is 2. The Kier molecular flexibility index (Phi) is 9.05. The molecule has 11 nitrogen and oxygen atoms in total. The Bertz CT molecular complexity index is 1140. The maximum atomic E-state index is 13.2. The molecule has 1 saturated heterocycles. The highest BCUT2D eigenvalue weighted by Crippen LogP contribution is 2.28. The molecule has 0 radical (unpaired) electrons. The first kappa shape index (κ1) is 27.4. The molecule has 2 aromatic rings. The highest BCUT2D eigenvalue weighted by Gasteiger charge is 2.42. The summed E-state index contributed by atoms with van der Waals surface area (Å²) in [6.07, 6.45) is -0.766. The van der Waals surface area contributed by atoms with Crippen LogP contribution in [0.1, 0.15) is 36.8 Å². The first-order valence-electron chi connectivity index (χ1n) is 11.8. The lowest BCUT2D eigenvalue weighted by molar-refractivity contribution is -0.176. The van der Waals surface area contributed by atoms with Crippen LogP contribution < -0.4 is 10.1 Å². The molecule has 1 aromatic carbocycles. The number of rotatable bonds is 7. The van der Waals surface area contributed by atoms with E-state index in [1.165, 1.54) is 26.3 Å². The van der Waals surface area contributed by atoms with Crippen LogP contribution in [0.2, 0.25) is 0 Å². The lowest BCUT2D eigenvalue weighted by atomic mass is 9.91. The Labute approximate surface area is 214 Å². The molecule has 3 rings (SSSR count). The SMILES string of the molecule is COc1ccn[14c](C(=O)N[C@H]2COC(=O)[C@H](Cc3ccccc3)[C@@H](OC(=O)C(C)C)[C@H](C)OC2=O)c1O. The number of carbonyl (C=O) groups excluding carboxylic acids is 4. The molecule has 0 saturated carbocycles. The maximum Gasteiger partial charge on any atom is 0.332 e. The van der Waals surface area contributed by atoms with E-state index in [-0.39, 0.29) is 12.2 Å². The number of nitrogens with one attached hydrogen (secondary N) is 1. The first-order valence-corrected chi connectivity index (χ1v) is 11.8. The summed E-state index contributed by atoms with van der Waals surface area (Å²) in [5.74, 6) is -5.10. The molecule has 0 spiro atoms. The van der Waals surface area contributed by atoms with Crippen LogP contribution in [0, 0.1) is 11.8 Å². The van der Waals surface area contributed by atoms with Crippen molar-refractivity contribution in [3.63, 3.8) is 0 Å². The summed E-state index contributed by atoms with van der Waals surface area (Å²) >= 11 is 0. The van der Waals surface area contributed by atoms with Gasteiger partial charge in [0.25, 0.3) is 5.91 Å². The van der Waals surface area contributed by atoms with Gasteiger partial charge in [-0.15, -0.1) is 0 Å². The van der Waals surface area contributed by atoms with Crippen LogP contribution >= 0.6 is 0 Å². The van der Waals surface area contributed by atoms with Gasteiger partial charge in [0.15, 0.2) is 29.3 Å². The number of pyridine rings is 1. The number of nitrogens with zero attached hydrogens (tertiary/aromatic N) is 1. The molecule has 2 N–H and O–H groups in total. The summed E-state index contributed by atoms with van der Waals surface area (Å²) in [6.45, 7) is 4.25. The van der Waals surface area contributed by atoms with Crippen molar-refractivity contribution < 1.29 is 43.2 Å². The summed E-state index contributed by atoms with van der Waals surface area (Å²) in [7, 11) is 1.31. The monoisotopic (exact) mass is 516 g/mol. The molecule has 0 bridgehead atoms. The number of aromatic hydroxyl groups is 1. The van der Waals surface area contributed by atoms with Gasteiger partial charge in [0, 0.05) is 12.3 Å². The third-order valence-corrected chi connectivity index (χ3v) is 5.79. The lowest BCUT2D eigenvalue weighted by Gasteiger charge is -2.29. The topological polar surface area (TPSA) is 150 Å². The number of aromatic nitrogens is 1. The predicted octanol–water partition coefficient (Wildman–Crippen LogP) is 1.81. The van der Waals surface area contributed by atoms with Crippen molar-refractivity contribution in [2.45, 2.75) is 45.4 Å². The van der Waals surface area contributed by atoms with Crippen molar-refractivity contribution in [1.82, 2.24) is 10.3 Å². The van der Waals surface area contributed by atoms with Crippen LogP contribution in [0.15, 0.2) is 42.6 Å². The predicted molar refractivity (Wildman–Crippen MR) is 129 cm³/mol. The molecule has 0 unspecified atom stereocenters. The summed E-state index contributed by atoms with van der Waals surface area (Å²) in [6, 6.07) is 9.01. The number of methoxy groups -OCH3 is 1. The Morgan fingerprint density at radius 2 is 1.89 bits per heavy atom. The Morgan fingerprint density at radius 1 is 1.19 bits per heavy atom. The second-order valence-corrected chi connectivity index (χ2v) is 8.86. The molecule has 4 atom stereocenters. The number of cyclic esters (lactones) is 2. The minimum absolute atomic E-state index is 0.0100. The number of carbonyl (C=O) groups is 4. The third-order valence-electron chi connectivity index (χ3n) is 5.79. The van der Waals surface area contributed by atoms with Crippen molar-refractivity contribution in [3.8, 4) is 11.5 Å². The van der Waals surface area contributed by atoms with Gasteiger partial charge < -0.3 is 29.4 Å². The lowest BCUT2D eigenvalue weighted by Crippen LogP contribution is -2.47. The van der Waals surface area contributed by atoms with Crippen molar-refractivity contribution in [2.75, 3.05) is 13.7 Å². The van der Waals surface area contributed by atoms with Crippen molar-refractivity contribution in [1.29, 1.82) is 0 Å². The summed E-state index contributed by atoms with van der Waals surface area (Å²) < 4.78 is 21.5. The van der Waals surface area contributed by atoms with Gasteiger partial charge in [-0.1, -0.05) is 44.2 Å². The Hall–Kier alpha value is -4.15. The normalized spacial score (nSPS) is 22.1. The van der Waals surface area contributed by atoms with E-state index in [1.807, 2.05) is 30.3 Å². The van der Waals surface area contributed by atoms with Crippen LogP contribution in [0.5, 0.6) is 11.5 Å². The molecule has 11 heteroatoms. The molecule has 37 heavy (non-hydrogen) atoms. The van der Waals surface area contributed by atoms with E-state index in [1.54, 1.807) is 13.8 Å². The quantitative estimate of drug-likeness (QED) is 0.412. The first-order chi connectivity index (χ1) is 17.6. The minimum Gasteiger partial charge on any atom is -0.503 e. The molecule has 198 valence electrons. The second kappa shape index (κ2) is 12.2. The molecule has 2 heterocycles. The molecular formula is C26H30N2O9. The Morgan fingerprint density at radius 3 is 2.54 bits per heavy atom. The van der Waals surface area contributed by atoms with Crippen LogP contribution in [0.4, 0.5) is 0 Å². The van der Waals surface area contributed by atoms with Crippen molar-refractivity contribution in [2.24, 2.45) is 11.8 Å². The van der Waals surface area contributed by atoms with Gasteiger partial charge in [0.1, 0.15) is 18.6 Å². The molecule has 1 aliphatic heterocycles. The zero-order valence-corrected chi connectivity index (χ0v) is 21.0. The summed E-state index contributed by atoms with van der Waals surface area (Å²) in [5.41, 5.74) is 0.398. The number of benzene rings is 1. The third kappa shape index (κ3) is 6.75. The molecular weight excluding hydrogens is 486 g/mol. The fourth-order valence-corrected chi connectivity index (χ4v) is 3.74. The standard InChI is InChI=1S/C26H30N2O9/c1-14(2)24(31)37-22-15(3)36-26(33)18(28-23(30)20-21(29)19(34-4)10-11-27-20)13-35-25(32)17(22)12-16-8-6-5-7-9-16/h5-11,14-15,17-18,22,29H,12-13H2,1-4H3,(H,28,30)/t15-,17+,18-,22-/m0/s1/i20+2. The van der Waals surface area contributed by atoms with Crippen LogP contribution in [-0.4, -0.2) is 65.9 Å². The largest absolute Gasteiger partial charge is 0.503 e. The molecule has 1 amide bonds. The van der Waals surface area contributed by atoms with E-state index in [2.05, 4.69) is 10.3 Å². The van der Waals surface area contributed by atoms with Crippen LogP contribution in [0.3, 0.4) is 0 Å². The van der Waals surface area contributed by atoms with E-state index in [0.29, 0.717) is 0 Å². The number of esters is 3. The average Bonchev–Trinajstić information content (AvgIpc) is 2.91.